The first kappa shape index (κ1) is 12.4. The number of nitrogens with one attached hydrogen (secondary N) is 1. The monoisotopic (exact) mass is 240 g/mol. The predicted octanol–water partition coefficient (Wildman–Crippen LogP) is 0.594. The summed E-state index contributed by atoms with van der Waals surface area (Å²) >= 11 is 0. The summed E-state index contributed by atoms with van der Waals surface area (Å²) in [5.41, 5.74) is -0.502. The van der Waals surface area contributed by atoms with Gasteiger partial charge in [-0.3, -0.25) is 4.79 Å². The second kappa shape index (κ2) is 4.64. The minimum Gasteiger partial charge on any atom is -0.480 e. The summed E-state index contributed by atoms with van der Waals surface area (Å²) in [7, 11) is 0. The van der Waals surface area contributed by atoms with Gasteiger partial charge in [0.1, 0.15) is 6.04 Å². The first-order chi connectivity index (χ1) is 8.10. The van der Waals surface area contributed by atoms with Crippen LogP contribution in [-0.2, 0) is 9.59 Å². The van der Waals surface area contributed by atoms with Crippen molar-refractivity contribution >= 4 is 11.9 Å². The van der Waals surface area contributed by atoms with Gasteiger partial charge in [0.2, 0.25) is 5.91 Å². The van der Waals surface area contributed by atoms with Crippen LogP contribution in [0.3, 0.4) is 0 Å². The molecule has 5 nitrogen and oxygen atoms in total. The van der Waals surface area contributed by atoms with Gasteiger partial charge in [0, 0.05) is 6.54 Å². The molecule has 2 unspecified atom stereocenters. The van der Waals surface area contributed by atoms with Crippen molar-refractivity contribution in [2.24, 2.45) is 0 Å². The maximum Gasteiger partial charge on any atom is 0.326 e. The summed E-state index contributed by atoms with van der Waals surface area (Å²) in [6.07, 6.45) is 3.92. The maximum atomic E-state index is 12.5. The molecule has 2 fully saturated rings. The molecule has 0 bridgehead atoms. The van der Waals surface area contributed by atoms with Gasteiger partial charge in [0.25, 0.3) is 0 Å². The number of carbonyl (C=O) groups excluding carboxylic acids is 1. The first-order valence-electron chi connectivity index (χ1n) is 6.39. The highest BCUT2D eigenvalue weighted by Gasteiger charge is 2.46. The SMILES string of the molecule is CCC1(C(=O)N2CCCC2C(=O)O)CCCN1. The summed E-state index contributed by atoms with van der Waals surface area (Å²) in [4.78, 5) is 25.2. The van der Waals surface area contributed by atoms with Crippen molar-refractivity contribution in [2.45, 2.75) is 50.6 Å². The molecule has 2 heterocycles. The zero-order valence-corrected chi connectivity index (χ0v) is 10.2. The lowest BCUT2D eigenvalue weighted by Crippen LogP contribution is -2.56. The van der Waals surface area contributed by atoms with E-state index in [1.54, 1.807) is 4.90 Å². The molecule has 0 aliphatic carbocycles. The van der Waals surface area contributed by atoms with Crippen LogP contribution >= 0.6 is 0 Å². The molecule has 0 aromatic rings. The standard InChI is InChI=1S/C12H20N2O3/c1-2-12(6-4-7-13-12)11(17)14-8-3-5-9(14)10(15)16/h9,13H,2-8H2,1H3,(H,15,16). The third-order valence-corrected chi connectivity index (χ3v) is 4.06. The van der Waals surface area contributed by atoms with E-state index in [0.29, 0.717) is 13.0 Å². The lowest BCUT2D eigenvalue weighted by Gasteiger charge is -2.33. The van der Waals surface area contributed by atoms with E-state index in [4.69, 9.17) is 5.11 Å². The van der Waals surface area contributed by atoms with Crippen molar-refractivity contribution in [3.8, 4) is 0 Å². The van der Waals surface area contributed by atoms with Gasteiger partial charge < -0.3 is 15.3 Å². The van der Waals surface area contributed by atoms with Crippen LogP contribution in [0.4, 0.5) is 0 Å². The van der Waals surface area contributed by atoms with E-state index >= 15 is 0 Å². The maximum absolute atomic E-state index is 12.5. The van der Waals surface area contributed by atoms with E-state index in [-0.39, 0.29) is 5.91 Å². The largest absolute Gasteiger partial charge is 0.480 e. The first-order valence-corrected chi connectivity index (χ1v) is 6.39. The molecule has 2 N–H and O–H groups in total. The highest BCUT2D eigenvalue weighted by Crippen LogP contribution is 2.29. The summed E-state index contributed by atoms with van der Waals surface area (Å²) < 4.78 is 0. The number of hydrogen-bond acceptors (Lipinski definition) is 3. The number of amides is 1. The molecule has 2 aliphatic rings. The van der Waals surface area contributed by atoms with Crippen molar-refractivity contribution in [1.29, 1.82) is 0 Å². The Balaban J connectivity index is 2.15. The Morgan fingerprint density at radius 3 is 2.76 bits per heavy atom. The van der Waals surface area contributed by atoms with Gasteiger partial charge in [-0.15, -0.1) is 0 Å². The Kier molecular flexibility index (Phi) is 3.38. The van der Waals surface area contributed by atoms with Crippen molar-refractivity contribution in [1.82, 2.24) is 10.2 Å². The van der Waals surface area contributed by atoms with Crippen LogP contribution in [-0.4, -0.2) is 46.6 Å². The van der Waals surface area contributed by atoms with E-state index in [1.807, 2.05) is 6.92 Å². The lowest BCUT2D eigenvalue weighted by molar-refractivity contribution is -0.151. The van der Waals surface area contributed by atoms with Gasteiger partial charge in [0.15, 0.2) is 0 Å². The summed E-state index contributed by atoms with van der Waals surface area (Å²) in [5, 5.41) is 12.4. The Hall–Kier alpha value is -1.10. The summed E-state index contributed by atoms with van der Waals surface area (Å²) in [6, 6.07) is -0.617. The Morgan fingerprint density at radius 2 is 2.24 bits per heavy atom. The number of carbonyl (C=O) groups is 2. The smallest absolute Gasteiger partial charge is 0.326 e. The van der Waals surface area contributed by atoms with Crippen LogP contribution in [0.5, 0.6) is 0 Å². The molecule has 2 rings (SSSR count). The van der Waals surface area contributed by atoms with Gasteiger partial charge in [-0.25, -0.2) is 4.79 Å². The van der Waals surface area contributed by atoms with E-state index in [9.17, 15) is 9.59 Å². The second-order valence-corrected chi connectivity index (χ2v) is 4.96. The fourth-order valence-electron chi connectivity index (χ4n) is 2.98. The van der Waals surface area contributed by atoms with E-state index < -0.39 is 17.6 Å². The van der Waals surface area contributed by atoms with Gasteiger partial charge in [-0.1, -0.05) is 6.92 Å². The number of hydrogen-bond donors (Lipinski definition) is 2. The Bertz CT molecular complexity index is 324. The second-order valence-electron chi connectivity index (χ2n) is 4.96. The number of carboxylic acid groups (broad SMARTS) is 1. The zero-order valence-electron chi connectivity index (χ0n) is 10.2. The minimum atomic E-state index is -0.875. The zero-order chi connectivity index (χ0) is 12.5. The normalized spacial score (nSPS) is 33.0. The number of aliphatic carboxylic acids is 1. The Labute approximate surface area is 101 Å². The molecule has 0 aromatic heterocycles. The number of rotatable bonds is 3. The molecule has 0 spiro atoms. The average molecular weight is 240 g/mol. The third-order valence-electron chi connectivity index (χ3n) is 4.06. The molecule has 96 valence electrons. The number of nitrogens with zero attached hydrogens (tertiary/aromatic N) is 1. The van der Waals surface area contributed by atoms with Gasteiger partial charge in [-0.05, 0) is 38.6 Å². The molecular formula is C12H20N2O3. The topological polar surface area (TPSA) is 69.6 Å². The fraction of sp³-hybridized carbons (Fsp3) is 0.833. The molecule has 0 aromatic carbocycles. The van der Waals surface area contributed by atoms with Crippen LogP contribution in [0.1, 0.15) is 39.0 Å². The highest BCUT2D eigenvalue weighted by atomic mass is 16.4. The molecule has 17 heavy (non-hydrogen) atoms. The molecule has 0 radical (unpaired) electrons. The average Bonchev–Trinajstić information content (AvgIpc) is 2.98. The van der Waals surface area contributed by atoms with Crippen LogP contribution in [0.25, 0.3) is 0 Å². The van der Waals surface area contributed by atoms with Gasteiger partial charge in [-0.2, -0.15) is 0 Å². The lowest BCUT2D eigenvalue weighted by atomic mass is 9.92. The summed E-state index contributed by atoms with van der Waals surface area (Å²) in [6.45, 7) is 3.42. The van der Waals surface area contributed by atoms with Gasteiger partial charge >= 0.3 is 5.97 Å². The number of likely N-dealkylation sites (tertiary alicyclic amines) is 1. The molecule has 2 aliphatic heterocycles. The van der Waals surface area contributed by atoms with Crippen LogP contribution in [0.2, 0.25) is 0 Å². The molecule has 5 heteroatoms. The highest BCUT2D eigenvalue weighted by molar-refractivity contribution is 5.91. The molecule has 2 atom stereocenters. The third kappa shape index (κ3) is 2.04. The van der Waals surface area contributed by atoms with Crippen molar-refractivity contribution in [3.05, 3.63) is 0 Å². The number of carboxylic acids is 1. The van der Waals surface area contributed by atoms with E-state index in [2.05, 4.69) is 5.32 Å². The molecule has 1 amide bonds. The molecule has 0 saturated carbocycles. The minimum absolute atomic E-state index is 0.0117. The predicted molar refractivity (Wildman–Crippen MR) is 62.6 cm³/mol. The fourth-order valence-corrected chi connectivity index (χ4v) is 2.98. The quantitative estimate of drug-likeness (QED) is 0.757. The van der Waals surface area contributed by atoms with E-state index in [1.165, 1.54) is 0 Å². The van der Waals surface area contributed by atoms with Crippen molar-refractivity contribution < 1.29 is 14.7 Å². The van der Waals surface area contributed by atoms with E-state index in [0.717, 1.165) is 32.2 Å². The molecule has 2 saturated heterocycles. The summed E-state index contributed by atoms with van der Waals surface area (Å²) in [5.74, 6) is -0.887. The van der Waals surface area contributed by atoms with Crippen LogP contribution < -0.4 is 5.32 Å². The van der Waals surface area contributed by atoms with Crippen LogP contribution in [0, 0.1) is 0 Å². The Morgan fingerprint density at radius 1 is 1.47 bits per heavy atom. The van der Waals surface area contributed by atoms with Crippen molar-refractivity contribution in [2.75, 3.05) is 13.1 Å². The van der Waals surface area contributed by atoms with Crippen LogP contribution in [0.15, 0.2) is 0 Å². The van der Waals surface area contributed by atoms with Crippen molar-refractivity contribution in [3.63, 3.8) is 0 Å². The molecular weight excluding hydrogens is 220 g/mol. The van der Waals surface area contributed by atoms with Gasteiger partial charge in [0.05, 0.1) is 5.54 Å².